The molecule has 98 valence electrons. The standard InChI is InChI=1S/C15H12F2O2/c1-2-19-14-5-3-10(4-6-14)15(18)11-7-12(16)9-13(17)8-11/h3-9H,2H2,1H3. The quantitative estimate of drug-likeness (QED) is 0.787. The highest BCUT2D eigenvalue weighted by Crippen LogP contribution is 2.17. The fraction of sp³-hybridized carbons (Fsp3) is 0.133. The summed E-state index contributed by atoms with van der Waals surface area (Å²) in [5.74, 6) is -1.32. The molecule has 4 heteroatoms. The van der Waals surface area contributed by atoms with Gasteiger partial charge in [-0.15, -0.1) is 0 Å². The molecule has 0 fully saturated rings. The Kier molecular flexibility index (Phi) is 3.90. The Morgan fingerprint density at radius 2 is 1.58 bits per heavy atom. The second kappa shape index (κ2) is 5.61. The van der Waals surface area contributed by atoms with Crippen LogP contribution in [0.5, 0.6) is 5.75 Å². The van der Waals surface area contributed by atoms with Gasteiger partial charge in [0.25, 0.3) is 0 Å². The molecule has 0 spiro atoms. The van der Waals surface area contributed by atoms with Crippen LogP contribution in [-0.4, -0.2) is 12.4 Å². The molecule has 0 saturated heterocycles. The molecule has 0 unspecified atom stereocenters. The summed E-state index contributed by atoms with van der Waals surface area (Å²) in [5, 5.41) is 0. The minimum Gasteiger partial charge on any atom is -0.494 e. The highest BCUT2D eigenvalue weighted by atomic mass is 19.1. The minimum atomic E-state index is -0.769. The van der Waals surface area contributed by atoms with E-state index in [9.17, 15) is 13.6 Å². The highest BCUT2D eigenvalue weighted by Gasteiger charge is 2.11. The van der Waals surface area contributed by atoms with Crippen LogP contribution in [0.25, 0.3) is 0 Å². The molecular weight excluding hydrogens is 250 g/mol. The number of ether oxygens (including phenoxy) is 1. The Labute approximate surface area is 109 Å². The number of halogens is 2. The average Bonchev–Trinajstić information content (AvgIpc) is 2.38. The van der Waals surface area contributed by atoms with Crippen LogP contribution in [0.2, 0.25) is 0 Å². The number of ketones is 1. The van der Waals surface area contributed by atoms with Crippen molar-refractivity contribution >= 4 is 5.78 Å². The Morgan fingerprint density at radius 3 is 2.11 bits per heavy atom. The molecule has 2 aromatic carbocycles. The molecular formula is C15H12F2O2. The maximum Gasteiger partial charge on any atom is 0.193 e. The van der Waals surface area contributed by atoms with Crippen molar-refractivity contribution in [2.45, 2.75) is 6.92 Å². The first-order chi connectivity index (χ1) is 9.10. The highest BCUT2D eigenvalue weighted by molar-refractivity contribution is 6.09. The molecule has 0 amide bonds. The van der Waals surface area contributed by atoms with Crippen LogP contribution < -0.4 is 4.74 Å². The molecule has 2 aromatic rings. The lowest BCUT2D eigenvalue weighted by molar-refractivity contribution is 0.103. The Hall–Kier alpha value is -2.23. The molecule has 0 aliphatic carbocycles. The van der Waals surface area contributed by atoms with Gasteiger partial charge in [0, 0.05) is 17.2 Å². The summed E-state index contributed by atoms with van der Waals surface area (Å²) in [4.78, 5) is 12.0. The zero-order valence-electron chi connectivity index (χ0n) is 10.3. The van der Waals surface area contributed by atoms with Crippen molar-refractivity contribution in [3.8, 4) is 5.75 Å². The van der Waals surface area contributed by atoms with Gasteiger partial charge in [0.15, 0.2) is 5.78 Å². The number of hydrogen-bond acceptors (Lipinski definition) is 2. The smallest absolute Gasteiger partial charge is 0.193 e. The van der Waals surface area contributed by atoms with Gasteiger partial charge in [-0.3, -0.25) is 4.79 Å². The Bertz CT molecular complexity index is 571. The molecule has 0 heterocycles. The van der Waals surface area contributed by atoms with E-state index < -0.39 is 17.4 Å². The van der Waals surface area contributed by atoms with Crippen molar-refractivity contribution < 1.29 is 18.3 Å². The monoisotopic (exact) mass is 262 g/mol. The maximum absolute atomic E-state index is 13.1. The van der Waals surface area contributed by atoms with E-state index in [0.717, 1.165) is 18.2 Å². The van der Waals surface area contributed by atoms with Gasteiger partial charge in [-0.1, -0.05) is 0 Å². The predicted molar refractivity (Wildman–Crippen MR) is 67.4 cm³/mol. The molecule has 2 rings (SSSR count). The predicted octanol–water partition coefficient (Wildman–Crippen LogP) is 3.59. The van der Waals surface area contributed by atoms with E-state index in [1.165, 1.54) is 0 Å². The molecule has 0 atom stereocenters. The molecule has 0 aromatic heterocycles. The zero-order valence-corrected chi connectivity index (χ0v) is 10.3. The van der Waals surface area contributed by atoms with Crippen LogP contribution in [0.15, 0.2) is 42.5 Å². The van der Waals surface area contributed by atoms with Gasteiger partial charge in [0.05, 0.1) is 6.61 Å². The lowest BCUT2D eigenvalue weighted by atomic mass is 10.0. The molecule has 0 radical (unpaired) electrons. The van der Waals surface area contributed by atoms with Gasteiger partial charge >= 0.3 is 0 Å². The number of carbonyl (C=O) groups is 1. The normalized spacial score (nSPS) is 10.3. The fourth-order valence-electron chi connectivity index (χ4n) is 1.72. The first-order valence-corrected chi connectivity index (χ1v) is 5.84. The summed E-state index contributed by atoms with van der Waals surface area (Å²) in [6.45, 7) is 2.39. The SMILES string of the molecule is CCOc1ccc(C(=O)c2cc(F)cc(F)c2)cc1. The molecule has 0 bridgehead atoms. The second-order valence-corrected chi connectivity index (χ2v) is 3.94. The van der Waals surface area contributed by atoms with Gasteiger partial charge in [0.2, 0.25) is 0 Å². The van der Waals surface area contributed by atoms with Crippen molar-refractivity contribution in [1.82, 2.24) is 0 Å². The third kappa shape index (κ3) is 3.16. The molecule has 0 aliphatic heterocycles. The zero-order chi connectivity index (χ0) is 13.8. The van der Waals surface area contributed by atoms with E-state index >= 15 is 0 Å². The summed E-state index contributed by atoms with van der Waals surface area (Å²) in [7, 11) is 0. The van der Waals surface area contributed by atoms with E-state index in [2.05, 4.69) is 0 Å². The number of hydrogen-bond donors (Lipinski definition) is 0. The van der Waals surface area contributed by atoms with E-state index in [1.807, 2.05) is 6.92 Å². The Morgan fingerprint density at radius 1 is 1.00 bits per heavy atom. The van der Waals surface area contributed by atoms with E-state index in [-0.39, 0.29) is 5.56 Å². The first kappa shape index (κ1) is 13.2. The average molecular weight is 262 g/mol. The van der Waals surface area contributed by atoms with Crippen LogP contribution in [0.1, 0.15) is 22.8 Å². The van der Waals surface area contributed by atoms with Gasteiger partial charge < -0.3 is 4.74 Å². The molecule has 0 aliphatic rings. The summed E-state index contributed by atoms with van der Waals surface area (Å²) < 4.78 is 31.4. The number of rotatable bonds is 4. The third-order valence-electron chi connectivity index (χ3n) is 2.55. The summed E-state index contributed by atoms with van der Waals surface area (Å²) in [5.41, 5.74) is 0.343. The van der Waals surface area contributed by atoms with Gasteiger partial charge in [-0.05, 0) is 43.3 Å². The first-order valence-electron chi connectivity index (χ1n) is 5.84. The summed E-state index contributed by atoms with van der Waals surface area (Å²) >= 11 is 0. The number of carbonyl (C=O) groups excluding carboxylic acids is 1. The summed E-state index contributed by atoms with van der Waals surface area (Å²) in [6.07, 6.45) is 0. The number of benzene rings is 2. The van der Waals surface area contributed by atoms with Crippen molar-refractivity contribution in [2.24, 2.45) is 0 Å². The molecule has 19 heavy (non-hydrogen) atoms. The third-order valence-corrected chi connectivity index (χ3v) is 2.55. The molecule has 0 saturated carbocycles. The van der Waals surface area contributed by atoms with Crippen molar-refractivity contribution in [1.29, 1.82) is 0 Å². The topological polar surface area (TPSA) is 26.3 Å². The van der Waals surface area contributed by atoms with Crippen LogP contribution in [0, 0.1) is 11.6 Å². The fourth-order valence-corrected chi connectivity index (χ4v) is 1.72. The van der Waals surface area contributed by atoms with Crippen LogP contribution in [-0.2, 0) is 0 Å². The van der Waals surface area contributed by atoms with Gasteiger partial charge in [0.1, 0.15) is 17.4 Å². The second-order valence-electron chi connectivity index (χ2n) is 3.94. The lowest BCUT2D eigenvalue weighted by Crippen LogP contribution is -2.03. The van der Waals surface area contributed by atoms with Crippen molar-refractivity contribution in [3.05, 3.63) is 65.2 Å². The Balaban J connectivity index is 2.28. The largest absolute Gasteiger partial charge is 0.494 e. The van der Waals surface area contributed by atoms with E-state index in [0.29, 0.717) is 17.9 Å². The van der Waals surface area contributed by atoms with Gasteiger partial charge in [-0.25, -0.2) is 8.78 Å². The van der Waals surface area contributed by atoms with Gasteiger partial charge in [-0.2, -0.15) is 0 Å². The van der Waals surface area contributed by atoms with Crippen LogP contribution in [0.3, 0.4) is 0 Å². The minimum absolute atomic E-state index is 0.0124. The lowest BCUT2D eigenvalue weighted by Gasteiger charge is -2.05. The van der Waals surface area contributed by atoms with Crippen molar-refractivity contribution in [2.75, 3.05) is 6.61 Å². The van der Waals surface area contributed by atoms with Crippen LogP contribution >= 0.6 is 0 Å². The summed E-state index contributed by atoms with van der Waals surface area (Å²) in [6, 6.07) is 9.18. The van der Waals surface area contributed by atoms with E-state index in [4.69, 9.17) is 4.74 Å². The maximum atomic E-state index is 13.1. The molecule has 0 N–H and O–H groups in total. The van der Waals surface area contributed by atoms with Crippen LogP contribution in [0.4, 0.5) is 8.78 Å². The van der Waals surface area contributed by atoms with Crippen molar-refractivity contribution in [3.63, 3.8) is 0 Å². The van der Waals surface area contributed by atoms with E-state index in [1.54, 1.807) is 24.3 Å². The molecule has 2 nitrogen and oxygen atoms in total.